The molecule has 4 rings (SSSR count). The molecule has 0 saturated carbocycles. The van der Waals surface area contributed by atoms with Crippen molar-refractivity contribution in [3.8, 4) is 16.2 Å². The first kappa shape index (κ1) is 18.4. The fourth-order valence-corrected chi connectivity index (χ4v) is 4.50. The normalized spacial score (nSPS) is 12.1. The molecular weight excluding hydrogens is 394 g/mol. The Morgan fingerprint density at radius 3 is 2.86 bits per heavy atom. The predicted molar refractivity (Wildman–Crippen MR) is 113 cm³/mol. The van der Waals surface area contributed by atoms with E-state index in [0.717, 1.165) is 20.7 Å². The third kappa shape index (κ3) is 3.56. The Morgan fingerprint density at radius 1 is 1.25 bits per heavy atom. The highest BCUT2D eigenvalue weighted by atomic mass is 32.1. The smallest absolute Gasteiger partial charge is 0.281 e. The van der Waals surface area contributed by atoms with Gasteiger partial charge in [0.05, 0.1) is 5.39 Å². The number of hydrogen-bond acceptors (Lipinski definition) is 6. The number of carbonyl (C=O) groups is 1. The Labute approximate surface area is 169 Å². The van der Waals surface area contributed by atoms with Crippen LogP contribution >= 0.6 is 22.7 Å². The Morgan fingerprint density at radius 2 is 2.11 bits per heavy atom. The van der Waals surface area contributed by atoms with Crippen LogP contribution in [0.2, 0.25) is 0 Å². The van der Waals surface area contributed by atoms with Gasteiger partial charge in [0, 0.05) is 15.8 Å². The van der Waals surface area contributed by atoms with Crippen molar-refractivity contribution in [3.63, 3.8) is 0 Å². The van der Waals surface area contributed by atoms with Gasteiger partial charge in [-0.05, 0) is 43.0 Å². The summed E-state index contributed by atoms with van der Waals surface area (Å²) in [5.74, 6) is 0.166. The highest BCUT2D eigenvalue weighted by Gasteiger charge is 2.18. The number of aromatic nitrogens is 2. The van der Waals surface area contributed by atoms with Gasteiger partial charge in [-0.3, -0.25) is 15.0 Å². The summed E-state index contributed by atoms with van der Waals surface area (Å²) >= 11 is 2.96. The lowest BCUT2D eigenvalue weighted by Crippen LogP contribution is -2.39. The average Bonchev–Trinajstić information content (AvgIpc) is 3.33. The zero-order valence-corrected chi connectivity index (χ0v) is 16.8. The summed E-state index contributed by atoms with van der Waals surface area (Å²) in [5, 5.41) is 4.38. The number of thiophene rings is 2. The minimum Gasteiger partial charge on any atom is -0.481 e. The van der Waals surface area contributed by atoms with Crippen molar-refractivity contribution in [2.24, 2.45) is 0 Å². The Hall–Kier alpha value is -2.97. The van der Waals surface area contributed by atoms with Crippen LogP contribution in [0.4, 0.5) is 0 Å². The first-order chi connectivity index (χ1) is 13.5. The summed E-state index contributed by atoms with van der Waals surface area (Å²) in [6.45, 7) is 3.58. The largest absolute Gasteiger partial charge is 0.481 e. The monoisotopic (exact) mass is 411 g/mol. The van der Waals surface area contributed by atoms with Crippen molar-refractivity contribution in [3.05, 3.63) is 69.4 Å². The molecule has 0 spiro atoms. The third-order valence-corrected chi connectivity index (χ3v) is 5.97. The van der Waals surface area contributed by atoms with Gasteiger partial charge in [0.15, 0.2) is 6.10 Å². The fraction of sp³-hybridized carbons (Fsp3) is 0.150. The molecular formula is C20H17N3O3S2. The van der Waals surface area contributed by atoms with Crippen LogP contribution in [-0.4, -0.2) is 21.7 Å². The SMILES string of the molecule is Cc1cccc(O[C@@H](C)C(=O)Nn2cnc3scc(-c4cccs4)c3c2=O)c1. The molecule has 0 aliphatic heterocycles. The van der Waals surface area contributed by atoms with Crippen LogP contribution in [0.5, 0.6) is 5.75 Å². The fourth-order valence-electron chi connectivity index (χ4n) is 2.78. The van der Waals surface area contributed by atoms with E-state index in [1.54, 1.807) is 24.3 Å². The molecule has 3 heterocycles. The number of ether oxygens (including phenoxy) is 1. The lowest BCUT2D eigenvalue weighted by Gasteiger charge is -2.15. The number of amides is 1. The van der Waals surface area contributed by atoms with Crippen LogP contribution in [0, 0.1) is 6.92 Å². The summed E-state index contributed by atoms with van der Waals surface area (Å²) in [5.41, 5.74) is 4.14. The van der Waals surface area contributed by atoms with Crippen molar-refractivity contribution in [1.29, 1.82) is 0 Å². The van der Waals surface area contributed by atoms with E-state index in [1.165, 1.54) is 17.7 Å². The molecule has 6 nitrogen and oxygen atoms in total. The molecule has 0 fully saturated rings. The van der Waals surface area contributed by atoms with Crippen molar-refractivity contribution in [2.45, 2.75) is 20.0 Å². The van der Waals surface area contributed by atoms with Crippen LogP contribution in [0.15, 0.2) is 58.3 Å². The van der Waals surface area contributed by atoms with Crippen LogP contribution in [-0.2, 0) is 4.79 Å². The van der Waals surface area contributed by atoms with Crippen molar-refractivity contribution >= 4 is 38.8 Å². The quantitative estimate of drug-likeness (QED) is 0.538. The number of benzene rings is 1. The zero-order valence-electron chi connectivity index (χ0n) is 15.2. The summed E-state index contributed by atoms with van der Waals surface area (Å²) < 4.78 is 6.80. The maximum Gasteiger partial charge on any atom is 0.281 e. The highest BCUT2D eigenvalue weighted by molar-refractivity contribution is 7.18. The minimum atomic E-state index is -0.774. The number of fused-ring (bicyclic) bond motifs is 1. The molecule has 142 valence electrons. The molecule has 0 aliphatic carbocycles. The molecule has 0 aliphatic rings. The van der Waals surface area contributed by atoms with E-state index in [0.29, 0.717) is 16.0 Å². The predicted octanol–water partition coefficient (Wildman–Crippen LogP) is 4.03. The number of aryl methyl sites for hydroxylation is 1. The molecule has 4 aromatic rings. The van der Waals surface area contributed by atoms with Gasteiger partial charge in [-0.2, -0.15) is 0 Å². The van der Waals surface area contributed by atoms with Crippen molar-refractivity contribution in [1.82, 2.24) is 9.66 Å². The zero-order chi connectivity index (χ0) is 19.7. The summed E-state index contributed by atoms with van der Waals surface area (Å²) in [7, 11) is 0. The standard InChI is InChI=1S/C20H17N3O3S2/c1-12-5-3-6-14(9-12)26-13(2)18(24)22-23-11-21-19-17(20(23)25)15(10-28-19)16-7-4-8-27-16/h3-11,13H,1-2H3,(H,22,24)/t13-/m0/s1. The minimum absolute atomic E-state index is 0.314. The molecule has 0 unspecified atom stereocenters. The van der Waals surface area contributed by atoms with Crippen LogP contribution in [0.25, 0.3) is 20.7 Å². The van der Waals surface area contributed by atoms with Gasteiger partial charge in [0.25, 0.3) is 11.5 Å². The number of rotatable bonds is 5. The van der Waals surface area contributed by atoms with Gasteiger partial charge in [0.2, 0.25) is 0 Å². The number of hydrogen-bond donors (Lipinski definition) is 1. The van der Waals surface area contributed by atoms with E-state index in [1.807, 2.05) is 48.0 Å². The van der Waals surface area contributed by atoms with E-state index in [9.17, 15) is 9.59 Å². The topological polar surface area (TPSA) is 73.2 Å². The number of nitrogens with one attached hydrogen (secondary N) is 1. The van der Waals surface area contributed by atoms with Crippen molar-refractivity contribution in [2.75, 3.05) is 5.43 Å². The Balaban J connectivity index is 1.59. The Kier molecular flexibility index (Phi) is 4.97. The van der Waals surface area contributed by atoms with Gasteiger partial charge in [0.1, 0.15) is 16.9 Å². The van der Waals surface area contributed by atoms with Gasteiger partial charge < -0.3 is 4.74 Å². The molecule has 1 aromatic carbocycles. The molecule has 1 atom stereocenters. The average molecular weight is 412 g/mol. The highest BCUT2D eigenvalue weighted by Crippen LogP contribution is 2.33. The second-order valence-corrected chi connectivity index (χ2v) is 8.08. The molecule has 1 N–H and O–H groups in total. The molecule has 28 heavy (non-hydrogen) atoms. The molecule has 3 aromatic heterocycles. The lowest BCUT2D eigenvalue weighted by atomic mass is 10.2. The third-order valence-electron chi connectivity index (χ3n) is 4.18. The maximum atomic E-state index is 12.9. The summed E-state index contributed by atoms with van der Waals surface area (Å²) in [4.78, 5) is 31.4. The van der Waals surface area contributed by atoms with E-state index >= 15 is 0 Å². The van der Waals surface area contributed by atoms with Crippen molar-refractivity contribution < 1.29 is 9.53 Å². The Bertz CT molecular complexity index is 1200. The van der Waals surface area contributed by atoms with Gasteiger partial charge in [-0.1, -0.05) is 18.2 Å². The molecule has 0 radical (unpaired) electrons. The molecule has 8 heteroatoms. The molecule has 0 saturated heterocycles. The van der Waals surface area contributed by atoms with Crippen LogP contribution < -0.4 is 15.7 Å². The number of carbonyl (C=O) groups excluding carboxylic acids is 1. The van der Waals surface area contributed by atoms with Crippen LogP contribution in [0.3, 0.4) is 0 Å². The lowest BCUT2D eigenvalue weighted by molar-refractivity contribution is -0.123. The second kappa shape index (κ2) is 7.57. The summed E-state index contributed by atoms with van der Waals surface area (Å²) in [6.07, 6.45) is 0.556. The van der Waals surface area contributed by atoms with E-state index in [4.69, 9.17) is 4.74 Å². The van der Waals surface area contributed by atoms with Gasteiger partial charge >= 0.3 is 0 Å². The van der Waals surface area contributed by atoms with E-state index in [-0.39, 0.29) is 5.56 Å². The number of nitrogens with zero attached hydrogens (tertiary/aromatic N) is 2. The second-order valence-electron chi connectivity index (χ2n) is 6.28. The first-order valence-corrected chi connectivity index (χ1v) is 10.4. The maximum absolute atomic E-state index is 12.9. The van der Waals surface area contributed by atoms with E-state index in [2.05, 4.69) is 10.4 Å². The van der Waals surface area contributed by atoms with Gasteiger partial charge in [-0.25, -0.2) is 9.66 Å². The summed E-state index contributed by atoms with van der Waals surface area (Å²) in [6, 6.07) is 11.3. The van der Waals surface area contributed by atoms with E-state index < -0.39 is 12.0 Å². The van der Waals surface area contributed by atoms with Crippen LogP contribution in [0.1, 0.15) is 12.5 Å². The molecule has 1 amide bonds. The van der Waals surface area contributed by atoms with Gasteiger partial charge in [-0.15, -0.1) is 22.7 Å². The first-order valence-electron chi connectivity index (χ1n) is 8.60. The molecule has 0 bridgehead atoms.